The van der Waals surface area contributed by atoms with Gasteiger partial charge in [0.15, 0.2) is 0 Å². The highest BCUT2D eigenvalue weighted by molar-refractivity contribution is 5.59. The maximum absolute atomic E-state index is 13.2. The Morgan fingerprint density at radius 1 is 1.39 bits per heavy atom. The molecule has 1 aromatic heterocycles. The summed E-state index contributed by atoms with van der Waals surface area (Å²) >= 11 is 0. The monoisotopic (exact) mass is 247 g/mol. The summed E-state index contributed by atoms with van der Waals surface area (Å²) < 4.78 is 13.2. The Balaban J connectivity index is 2.56. The number of hydrogen-bond acceptors (Lipinski definition) is 3. The molecule has 4 nitrogen and oxygen atoms in total. The molecule has 0 spiro atoms. The fraction of sp³-hybridized carbons (Fsp3) is 0.231. The molecule has 94 valence electrons. The second-order valence-corrected chi connectivity index (χ2v) is 4.07. The summed E-state index contributed by atoms with van der Waals surface area (Å²) in [7, 11) is 1.77. The summed E-state index contributed by atoms with van der Waals surface area (Å²) in [6.45, 7) is 2.34. The van der Waals surface area contributed by atoms with E-state index in [-0.39, 0.29) is 11.4 Å². The SMILES string of the molecule is CNCc1cc(=O)[nH]c(-c2cc(F)ccc2C)n1. The Hall–Kier alpha value is -2.01. The minimum Gasteiger partial charge on any atom is -0.314 e. The first-order chi connectivity index (χ1) is 8.60. The van der Waals surface area contributed by atoms with Crippen LogP contribution in [-0.2, 0) is 6.54 Å². The highest BCUT2D eigenvalue weighted by atomic mass is 19.1. The van der Waals surface area contributed by atoms with Gasteiger partial charge in [0.2, 0.25) is 0 Å². The lowest BCUT2D eigenvalue weighted by Crippen LogP contribution is -2.15. The molecule has 1 heterocycles. The topological polar surface area (TPSA) is 57.8 Å². The van der Waals surface area contributed by atoms with Crippen LogP contribution in [0.25, 0.3) is 11.4 Å². The van der Waals surface area contributed by atoms with Crippen molar-refractivity contribution in [1.82, 2.24) is 15.3 Å². The van der Waals surface area contributed by atoms with Crippen molar-refractivity contribution in [3.63, 3.8) is 0 Å². The van der Waals surface area contributed by atoms with Gasteiger partial charge in [-0.15, -0.1) is 0 Å². The number of aryl methyl sites for hydroxylation is 1. The highest BCUT2D eigenvalue weighted by Crippen LogP contribution is 2.20. The summed E-state index contributed by atoms with van der Waals surface area (Å²) in [4.78, 5) is 18.5. The number of aromatic nitrogens is 2. The smallest absolute Gasteiger partial charge is 0.251 e. The predicted octanol–water partition coefficient (Wildman–Crippen LogP) is 1.60. The van der Waals surface area contributed by atoms with E-state index in [4.69, 9.17) is 0 Å². The molecule has 5 heteroatoms. The van der Waals surface area contributed by atoms with Gasteiger partial charge in [0.05, 0.1) is 5.69 Å². The summed E-state index contributed by atoms with van der Waals surface area (Å²) in [5.41, 5.74) is 1.85. The second kappa shape index (κ2) is 5.10. The molecule has 0 atom stereocenters. The normalized spacial score (nSPS) is 10.6. The number of hydrogen-bond donors (Lipinski definition) is 2. The maximum atomic E-state index is 13.2. The largest absolute Gasteiger partial charge is 0.314 e. The average molecular weight is 247 g/mol. The van der Waals surface area contributed by atoms with E-state index < -0.39 is 0 Å². The summed E-state index contributed by atoms with van der Waals surface area (Å²) in [5, 5.41) is 2.93. The van der Waals surface area contributed by atoms with Crippen molar-refractivity contribution in [2.45, 2.75) is 13.5 Å². The maximum Gasteiger partial charge on any atom is 0.251 e. The van der Waals surface area contributed by atoms with Crippen LogP contribution < -0.4 is 10.9 Å². The Morgan fingerprint density at radius 2 is 2.17 bits per heavy atom. The van der Waals surface area contributed by atoms with Gasteiger partial charge in [0.25, 0.3) is 5.56 Å². The van der Waals surface area contributed by atoms with E-state index in [1.54, 1.807) is 13.1 Å². The van der Waals surface area contributed by atoms with Crippen LogP contribution >= 0.6 is 0 Å². The van der Waals surface area contributed by atoms with Crippen LogP contribution in [0.3, 0.4) is 0 Å². The molecule has 0 amide bonds. The van der Waals surface area contributed by atoms with Crippen LogP contribution in [0.15, 0.2) is 29.1 Å². The molecule has 0 aliphatic heterocycles. The highest BCUT2D eigenvalue weighted by Gasteiger charge is 2.07. The van der Waals surface area contributed by atoms with Gasteiger partial charge >= 0.3 is 0 Å². The Labute approximate surface area is 104 Å². The summed E-state index contributed by atoms with van der Waals surface area (Å²) in [6, 6.07) is 5.84. The van der Waals surface area contributed by atoms with Gasteiger partial charge < -0.3 is 10.3 Å². The molecule has 1 aromatic carbocycles. The lowest BCUT2D eigenvalue weighted by molar-refractivity contribution is 0.627. The van der Waals surface area contributed by atoms with Crippen LogP contribution in [0, 0.1) is 12.7 Å². The Kier molecular flexibility index (Phi) is 3.53. The van der Waals surface area contributed by atoms with Crippen molar-refractivity contribution in [3.8, 4) is 11.4 Å². The minimum atomic E-state index is -0.350. The van der Waals surface area contributed by atoms with E-state index >= 15 is 0 Å². The standard InChI is InChI=1S/C13H14FN3O/c1-8-3-4-9(14)5-11(8)13-16-10(7-15-2)6-12(18)17-13/h3-6,15H,7H2,1-2H3,(H,16,17,18). The molecule has 0 saturated heterocycles. The van der Waals surface area contributed by atoms with Crippen LogP contribution in [0.2, 0.25) is 0 Å². The number of halogens is 1. The molecule has 0 saturated carbocycles. The van der Waals surface area contributed by atoms with E-state index in [0.717, 1.165) is 5.56 Å². The van der Waals surface area contributed by atoms with E-state index in [1.165, 1.54) is 18.2 Å². The van der Waals surface area contributed by atoms with Crippen molar-refractivity contribution in [2.75, 3.05) is 7.05 Å². The molecular formula is C13H14FN3O. The van der Waals surface area contributed by atoms with Crippen LogP contribution in [0.5, 0.6) is 0 Å². The number of nitrogens with zero attached hydrogens (tertiary/aromatic N) is 1. The average Bonchev–Trinajstić information content (AvgIpc) is 2.32. The van der Waals surface area contributed by atoms with Crippen molar-refractivity contribution >= 4 is 0 Å². The van der Waals surface area contributed by atoms with Crippen LogP contribution in [0.4, 0.5) is 4.39 Å². The third-order valence-electron chi connectivity index (χ3n) is 2.61. The summed E-state index contributed by atoms with van der Waals surface area (Å²) in [6.07, 6.45) is 0. The van der Waals surface area contributed by atoms with Gasteiger partial charge in [0.1, 0.15) is 11.6 Å². The fourth-order valence-corrected chi connectivity index (χ4v) is 1.76. The molecule has 0 aliphatic carbocycles. The number of H-pyrrole nitrogens is 1. The third-order valence-corrected chi connectivity index (χ3v) is 2.61. The molecule has 0 radical (unpaired) electrons. The molecule has 0 fully saturated rings. The first-order valence-electron chi connectivity index (χ1n) is 5.61. The zero-order chi connectivity index (χ0) is 13.1. The van der Waals surface area contributed by atoms with Crippen molar-refractivity contribution in [2.24, 2.45) is 0 Å². The Morgan fingerprint density at radius 3 is 2.89 bits per heavy atom. The number of aromatic amines is 1. The minimum absolute atomic E-state index is 0.242. The van der Waals surface area contributed by atoms with E-state index in [0.29, 0.717) is 23.6 Å². The zero-order valence-electron chi connectivity index (χ0n) is 10.2. The number of benzene rings is 1. The van der Waals surface area contributed by atoms with Crippen LogP contribution in [-0.4, -0.2) is 17.0 Å². The molecule has 0 bridgehead atoms. The zero-order valence-corrected chi connectivity index (χ0v) is 10.2. The lowest BCUT2D eigenvalue weighted by atomic mass is 10.1. The van der Waals surface area contributed by atoms with E-state index in [1.807, 2.05) is 6.92 Å². The number of nitrogens with one attached hydrogen (secondary N) is 2. The van der Waals surface area contributed by atoms with Gasteiger partial charge in [0, 0.05) is 18.2 Å². The summed E-state index contributed by atoms with van der Waals surface area (Å²) in [5.74, 6) is 0.0435. The molecule has 18 heavy (non-hydrogen) atoms. The first kappa shape index (κ1) is 12.4. The van der Waals surface area contributed by atoms with Gasteiger partial charge in [-0.05, 0) is 31.7 Å². The fourth-order valence-electron chi connectivity index (χ4n) is 1.76. The molecule has 2 N–H and O–H groups in total. The molecule has 2 rings (SSSR count). The van der Waals surface area contributed by atoms with Crippen molar-refractivity contribution in [1.29, 1.82) is 0 Å². The third kappa shape index (κ3) is 2.62. The van der Waals surface area contributed by atoms with E-state index in [9.17, 15) is 9.18 Å². The van der Waals surface area contributed by atoms with Gasteiger partial charge in [-0.2, -0.15) is 0 Å². The quantitative estimate of drug-likeness (QED) is 0.866. The van der Waals surface area contributed by atoms with Crippen LogP contribution in [0.1, 0.15) is 11.3 Å². The van der Waals surface area contributed by atoms with Crippen molar-refractivity contribution in [3.05, 3.63) is 51.7 Å². The Bertz CT molecular complexity index is 622. The first-order valence-corrected chi connectivity index (χ1v) is 5.61. The predicted molar refractivity (Wildman–Crippen MR) is 67.8 cm³/mol. The molecular weight excluding hydrogens is 233 g/mol. The molecule has 0 unspecified atom stereocenters. The number of rotatable bonds is 3. The van der Waals surface area contributed by atoms with E-state index in [2.05, 4.69) is 15.3 Å². The van der Waals surface area contributed by atoms with Gasteiger partial charge in [-0.25, -0.2) is 9.37 Å². The van der Waals surface area contributed by atoms with Crippen molar-refractivity contribution < 1.29 is 4.39 Å². The molecule has 0 aliphatic rings. The second-order valence-electron chi connectivity index (χ2n) is 4.07. The lowest BCUT2D eigenvalue weighted by Gasteiger charge is -2.07. The molecule has 2 aromatic rings. The van der Waals surface area contributed by atoms with Gasteiger partial charge in [-0.3, -0.25) is 4.79 Å². The van der Waals surface area contributed by atoms with Gasteiger partial charge in [-0.1, -0.05) is 6.07 Å².